The fraction of sp³-hybridized carbons (Fsp3) is 0.484. The first-order valence-corrected chi connectivity index (χ1v) is 18.0. The second-order valence-corrected chi connectivity index (χ2v) is 14.6. The lowest BCUT2D eigenvalue weighted by Crippen LogP contribution is -2.68. The van der Waals surface area contributed by atoms with Crippen LogP contribution in [0.25, 0.3) is 0 Å². The molecule has 2 aliphatic carbocycles. The van der Waals surface area contributed by atoms with Crippen LogP contribution in [0.5, 0.6) is 0 Å². The second-order valence-electron chi connectivity index (χ2n) is 11.9. The van der Waals surface area contributed by atoms with Crippen LogP contribution in [0, 0.1) is 11.6 Å². The van der Waals surface area contributed by atoms with Crippen LogP contribution in [-0.4, -0.2) is 83.2 Å². The predicted molar refractivity (Wildman–Crippen MR) is 165 cm³/mol. The fourth-order valence-electron chi connectivity index (χ4n) is 6.74. The van der Waals surface area contributed by atoms with Crippen molar-refractivity contribution in [1.82, 2.24) is 20.0 Å². The van der Waals surface area contributed by atoms with Crippen molar-refractivity contribution in [3.05, 3.63) is 81.3 Å². The van der Waals surface area contributed by atoms with Crippen LogP contribution in [-0.2, 0) is 38.4 Å². The smallest absolute Gasteiger partial charge is 0.459 e. The lowest BCUT2D eigenvalue weighted by Gasteiger charge is -2.55. The minimum absolute atomic E-state index is 0.0749. The molecule has 3 fully saturated rings. The molecule has 0 aromatic heterocycles. The van der Waals surface area contributed by atoms with E-state index >= 15 is 4.39 Å². The number of carbonyl (C=O) groups is 2. The van der Waals surface area contributed by atoms with Crippen molar-refractivity contribution < 1.29 is 46.6 Å². The van der Waals surface area contributed by atoms with Gasteiger partial charge in [0, 0.05) is 29.0 Å². The highest BCUT2D eigenvalue weighted by Gasteiger charge is 2.57. The molecule has 4 atom stereocenters. The van der Waals surface area contributed by atoms with Gasteiger partial charge in [0.15, 0.2) is 23.1 Å². The van der Waals surface area contributed by atoms with E-state index in [1.165, 1.54) is 36.2 Å². The topological polar surface area (TPSA) is 130 Å². The molecule has 1 saturated carbocycles. The van der Waals surface area contributed by atoms with E-state index in [4.69, 9.17) is 18.5 Å². The number of hydrogen-bond acceptors (Lipinski definition) is 11. The summed E-state index contributed by atoms with van der Waals surface area (Å²) in [6, 6.07) is 2.01. The number of hydrogen-bond donors (Lipinski definition) is 2. The summed E-state index contributed by atoms with van der Waals surface area (Å²) in [4.78, 5) is 29.4. The number of methoxy groups -OCH3 is 1. The van der Waals surface area contributed by atoms with E-state index in [-0.39, 0.29) is 49.1 Å². The number of esters is 1. The number of morpholine rings is 1. The summed E-state index contributed by atoms with van der Waals surface area (Å²) >= 11 is 1.43. The highest BCUT2D eigenvalue weighted by Crippen LogP contribution is 2.56. The Morgan fingerprint density at radius 3 is 2.85 bits per heavy atom. The minimum Gasteiger partial charge on any atom is -0.468 e. The molecule has 7 rings (SSSR count). The van der Waals surface area contributed by atoms with Gasteiger partial charge in [-0.15, -0.1) is 11.8 Å². The van der Waals surface area contributed by atoms with Gasteiger partial charge < -0.3 is 24.0 Å². The zero-order chi connectivity index (χ0) is 33.1. The summed E-state index contributed by atoms with van der Waals surface area (Å²) in [5.41, 5.74) is 0.286. The minimum atomic E-state index is -4.38. The Bertz CT molecular complexity index is 1680. The number of aliphatic hydroxyl groups excluding tert-OH is 1. The highest BCUT2D eigenvalue weighted by molar-refractivity contribution is 8.02. The van der Waals surface area contributed by atoms with E-state index in [2.05, 4.69) is 5.09 Å². The number of nitrogens with one attached hydrogen (secondary N) is 1. The molecular weight excluding hydrogens is 657 g/mol. The molecule has 0 radical (unpaired) electrons. The zero-order valence-corrected chi connectivity index (χ0v) is 27.5. The van der Waals surface area contributed by atoms with Crippen LogP contribution >= 0.6 is 19.5 Å². The van der Waals surface area contributed by atoms with Gasteiger partial charge in [-0.2, -0.15) is 10.1 Å². The van der Waals surface area contributed by atoms with E-state index in [0.717, 1.165) is 23.0 Å². The van der Waals surface area contributed by atoms with Crippen LogP contribution in [0.4, 0.5) is 8.78 Å². The van der Waals surface area contributed by atoms with Crippen LogP contribution in [0.1, 0.15) is 49.8 Å². The lowest BCUT2D eigenvalue weighted by molar-refractivity contribution is -0.190. The van der Waals surface area contributed by atoms with Gasteiger partial charge in [0.25, 0.3) is 5.91 Å². The Morgan fingerprint density at radius 1 is 1.30 bits per heavy atom. The number of aliphatic hydroxyl groups is 1. The van der Waals surface area contributed by atoms with Crippen molar-refractivity contribution in [3.8, 4) is 0 Å². The third-order valence-corrected chi connectivity index (χ3v) is 12.0. The highest BCUT2D eigenvalue weighted by atomic mass is 32.2. The summed E-state index contributed by atoms with van der Waals surface area (Å²) in [5, 5.41) is 17.4. The number of allylic oxidation sites excluding steroid dienone is 2. The number of nitrogens with zero attached hydrogens (tertiary/aromatic N) is 3. The van der Waals surface area contributed by atoms with E-state index in [9.17, 15) is 23.7 Å². The Morgan fingerprint density at radius 2 is 2.11 bits per heavy atom. The molecule has 6 aliphatic rings. The first-order valence-electron chi connectivity index (χ1n) is 15.5. The van der Waals surface area contributed by atoms with Gasteiger partial charge >= 0.3 is 13.7 Å². The molecule has 2 unspecified atom stereocenters. The fourth-order valence-corrected chi connectivity index (χ4v) is 9.72. The Balaban J connectivity index is 1.38. The first kappa shape index (κ1) is 32.5. The van der Waals surface area contributed by atoms with Crippen molar-refractivity contribution >= 4 is 31.4 Å². The van der Waals surface area contributed by atoms with E-state index in [0.29, 0.717) is 24.8 Å². The number of hydrazine groups is 1. The van der Waals surface area contributed by atoms with E-state index in [1.54, 1.807) is 17.9 Å². The molecule has 47 heavy (non-hydrogen) atoms. The lowest BCUT2D eigenvalue weighted by atomic mass is 9.88. The average Bonchev–Trinajstić information content (AvgIpc) is 3.87. The molecule has 4 heterocycles. The number of benzene rings is 1. The maximum atomic E-state index is 15.5. The molecule has 1 amide bonds. The van der Waals surface area contributed by atoms with Gasteiger partial charge in [-0.1, -0.05) is 18.2 Å². The first-order chi connectivity index (χ1) is 22.6. The third kappa shape index (κ3) is 5.55. The molecule has 12 nitrogen and oxygen atoms in total. The SMILES string of the molecule is CCOP(=O)(NC1(C(=O)OC)CC1)OC1=C2C(=O)N3CCOC[C@H]3N([C@@H]3C4=C(C=CCC4)SCc4c3ccc(F)c4F)N2C=CC1O. The van der Waals surface area contributed by atoms with E-state index in [1.807, 2.05) is 17.2 Å². The molecule has 2 saturated heterocycles. The molecule has 0 bridgehead atoms. The number of amides is 1. The summed E-state index contributed by atoms with van der Waals surface area (Å²) in [5.74, 6) is -3.18. The molecule has 252 valence electrons. The van der Waals surface area contributed by atoms with Crippen LogP contribution in [0.15, 0.2) is 58.5 Å². The van der Waals surface area contributed by atoms with Gasteiger partial charge in [0.2, 0.25) is 0 Å². The van der Waals surface area contributed by atoms with Crippen LogP contribution in [0.3, 0.4) is 0 Å². The van der Waals surface area contributed by atoms with Gasteiger partial charge in [-0.05, 0) is 55.9 Å². The quantitative estimate of drug-likeness (QED) is 0.300. The van der Waals surface area contributed by atoms with Crippen LogP contribution in [0.2, 0.25) is 0 Å². The third-order valence-electron chi connectivity index (χ3n) is 9.12. The number of halogens is 2. The molecular formula is C31H35F2N4O8PS. The molecule has 16 heteroatoms. The summed E-state index contributed by atoms with van der Waals surface area (Å²) < 4.78 is 66.7. The normalized spacial score (nSPS) is 27.8. The van der Waals surface area contributed by atoms with Gasteiger partial charge in [0.1, 0.15) is 17.8 Å². The molecule has 4 aliphatic heterocycles. The largest absolute Gasteiger partial charge is 0.468 e. The maximum Gasteiger partial charge on any atom is 0.459 e. The van der Waals surface area contributed by atoms with E-state index < -0.39 is 55.1 Å². The zero-order valence-electron chi connectivity index (χ0n) is 25.8. The number of rotatable bonds is 8. The Labute approximate surface area is 274 Å². The number of carbonyl (C=O) groups excluding carboxylic acids is 2. The predicted octanol–water partition coefficient (Wildman–Crippen LogP) is 4.13. The van der Waals surface area contributed by atoms with Crippen LogP contribution < -0.4 is 5.09 Å². The summed E-state index contributed by atoms with van der Waals surface area (Å²) in [7, 11) is -3.16. The molecule has 0 spiro atoms. The average molecular weight is 693 g/mol. The van der Waals surface area contributed by atoms with Crippen molar-refractivity contribution in [1.29, 1.82) is 0 Å². The Kier molecular flexibility index (Phi) is 8.61. The second kappa shape index (κ2) is 12.4. The van der Waals surface area contributed by atoms with Gasteiger partial charge in [0.05, 0.1) is 33.0 Å². The maximum absolute atomic E-state index is 15.5. The Hall–Kier alpha value is -3.04. The van der Waals surface area contributed by atoms with Crippen molar-refractivity contribution in [3.63, 3.8) is 0 Å². The van der Waals surface area contributed by atoms with Crippen molar-refractivity contribution in [2.45, 2.75) is 62.2 Å². The van der Waals surface area contributed by atoms with Crippen molar-refractivity contribution in [2.75, 3.05) is 33.5 Å². The van der Waals surface area contributed by atoms with Gasteiger partial charge in [-0.25, -0.2) is 13.3 Å². The molecule has 2 N–H and O–H groups in total. The number of thioether (sulfide) groups is 1. The monoisotopic (exact) mass is 692 g/mol. The van der Waals surface area contributed by atoms with Crippen molar-refractivity contribution in [2.24, 2.45) is 0 Å². The summed E-state index contributed by atoms with van der Waals surface area (Å²) in [6.45, 7) is 2.07. The summed E-state index contributed by atoms with van der Waals surface area (Å²) in [6.07, 6.45) is 6.73. The van der Waals surface area contributed by atoms with Gasteiger partial charge in [-0.3, -0.25) is 19.1 Å². The molecule has 1 aromatic carbocycles. The number of ether oxygens (including phenoxy) is 2. The number of fused-ring (bicyclic) bond motifs is 3. The standard InChI is InChI=1S/C31H35F2N4O8PS/c1-3-44-46(41,34-31(11-12-31)30(40)42-2)45-28-22(38)10-13-36-27(28)29(39)35-14-15-43-16-24(35)37(36)26-18-8-9-21(32)25(33)20(18)17-47-23-7-5-4-6-19(23)26/h5,7-10,13,22,24,26,38H,3-4,6,11-12,14-17H2,1-2H3,(H,34,41)/t22?,24-,26+,46?/m1/s1. The molecule has 1 aromatic rings.